The summed E-state index contributed by atoms with van der Waals surface area (Å²) in [5.74, 6) is 1.14. The molecule has 0 spiro atoms. The van der Waals surface area contributed by atoms with Crippen molar-refractivity contribution in [3.63, 3.8) is 0 Å². The van der Waals surface area contributed by atoms with E-state index in [1.807, 2.05) is 6.07 Å². The molecule has 4 fully saturated rings. The van der Waals surface area contributed by atoms with Gasteiger partial charge in [0.05, 0.1) is 17.2 Å². The molecule has 4 saturated carbocycles. The molecular formula is C26H35ClO5. The van der Waals surface area contributed by atoms with E-state index in [9.17, 15) is 14.7 Å². The smallest absolute Gasteiger partial charge is 0.335 e. The average molecular weight is 463 g/mol. The third kappa shape index (κ3) is 3.06. The Bertz CT molecular complexity index is 939. The molecule has 0 bridgehead atoms. The van der Waals surface area contributed by atoms with Crippen LogP contribution < -0.4 is 5.63 Å². The molecule has 0 aromatic carbocycles. The van der Waals surface area contributed by atoms with Crippen LogP contribution in [-0.2, 0) is 9.53 Å². The lowest BCUT2D eigenvalue weighted by atomic mass is 9.44. The molecule has 9 atom stereocenters. The zero-order chi connectivity index (χ0) is 22.9. The summed E-state index contributed by atoms with van der Waals surface area (Å²) in [4.78, 5) is 22.3. The van der Waals surface area contributed by atoms with Gasteiger partial charge in [-0.1, -0.05) is 13.8 Å². The SMILES string of the molecule is CC(=O)O[C@H]1CC[C@@]2(C)[C@H](CC[C@@H]3[C@@H]2CC[C@]2(C)[C@@H](c4ccc(=O)oc4)C[C@H](O)[C@]32Cl)C1. The molecule has 6 heteroatoms. The molecule has 5 nitrogen and oxygen atoms in total. The van der Waals surface area contributed by atoms with Crippen LogP contribution in [-0.4, -0.2) is 28.2 Å². The molecule has 0 saturated heterocycles. The summed E-state index contributed by atoms with van der Waals surface area (Å²) in [6, 6.07) is 3.32. The van der Waals surface area contributed by atoms with Gasteiger partial charge in [-0.3, -0.25) is 4.79 Å². The summed E-state index contributed by atoms with van der Waals surface area (Å²) in [6.45, 7) is 6.17. The van der Waals surface area contributed by atoms with E-state index < -0.39 is 11.0 Å². The number of halogens is 1. The highest BCUT2D eigenvalue weighted by Crippen LogP contribution is 2.72. The second-order valence-electron chi connectivity index (χ2n) is 11.4. The number of aliphatic hydroxyl groups is 1. The first-order valence-electron chi connectivity index (χ1n) is 12.2. The zero-order valence-electron chi connectivity index (χ0n) is 19.3. The van der Waals surface area contributed by atoms with Crippen LogP contribution in [0, 0.1) is 28.6 Å². The Labute approximate surface area is 194 Å². The van der Waals surface area contributed by atoms with Crippen molar-refractivity contribution in [3.05, 3.63) is 34.4 Å². The maximum atomic E-state index is 11.5. The highest BCUT2D eigenvalue weighted by atomic mass is 35.5. The van der Waals surface area contributed by atoms with Crippen LogP contribution in [0.1, 0.15) is 83.6 Å². The second kappa shape index (κ2) is 7.59. The van der Waals surface area contributed by atoms with Gasteiger partial charge in [-0.05, 0) is 97.5 Å². The standard InChI is InChI=1S/C26H35ClO5/c1-15(28)32-18-8-10-24(2)17(12-18)5-6-20-19(24)9-11-25(3)21(13-22(29)26(20,25)27)16-4-7-23(30)31-14-16/h4,7,14,17-22,29H,5-6,8-13H2,1-3H3/t17-,18+,19+,20-,21-,22+,24+,25-,26-/m1/s1. The summed E-state index contributed by atoms with van der Waals surface area (Å²) >= 11 is 7.59. The molecule has 176 valence electrons. The Hall–Kier alpha value is -1.33. The lowest BCUT2D eigenvalue weighted by Crippen LogP contribution is -2.62. The van der Waals surface area contributed by atoms with Gasteiger partial charge in [0.1, 0.15) is 6.10 Å². The number of aliphatic hydroxyl groups excluding tert-OH is 1. The molecule has 1 N–H and O–H groups in total. The van der Waals surface area contributed by atoms with Crippen LogP contribution in [0.2, 0.25) is 0 Å². The number of rotatable bonds is 2. The van der Waals surface area contributed by atoms with Crippen molar-refractivity contribution in [2.45, 2.75) is 95.1 Å². The van der Waals surface area contributed by atoms with Gasteiger partial charge in [0, 0.05) is 13.0 Å². The third-order valence-electron chi connectivity index (χ3n) is 10.2. The summed E-state index contributed by atoms with van der Waals surface area (Å²) in [5.41, 5.74) is 0.524. The Kier molecular flexibility index (Phi) is 5.33. The predicted molar refractivity (Wildman–Crippen MR) is 121 cm³/mol. The number of esters is 1. The molecule has 1 heterocycles. The highest BCUT2D eigenvalue weighted by Gasteiger charge is 2.70. The number of hydrogen-bond donors (Lipinski definition) is 1. The maximum absolute atomic E-state index is 11.5. The molecular weight excluding hydrogens is 428 g/mol. The fourth-order valence-electron chi connectivity index (χ4n) is 8.60. The van der Waals surface area contributed by atoms with Crippen LogP contribution in [0.4, 0.5) is 0 Å². The molecule has 4 aliphatic carbocycles. The number of carbonyl (C=O) groups excluding carboxylic acids is 1. The fraction of sp³-hybridized carbons (Fsp3) is 0.769. The van der Waals surface area contributed by atoms with E-state index in [2.05, 4.69) is 13.8 Å². The van der Waals surface area contributed by atoms with E-state index in [0.717, 1.165) is 50.5 Å². The number of fused-ring (bicyclic) bond motifs is 5. The Morgan fingerprint density at radius 2 is 1.91 bits per heavy atom. The molecule has 0 aliphatic heterocycles. The summed E-state index contributed by atoms with van der Waals surface area (Å²) in [5, 5.41) is 11.4. The van der Waals surface area contributed by atoms with E-state index in [1.54, 1.807) is 6.26 Å². The minimum atomic E-state index is -0.683. The Morgan fingerprint density at radius 3 is 2.59 bits per heavy atom. The Morgan fingerprint density at radius 1 is 1.12 bits per heavy atom. The van der Waals surface area contributed by atoms with Crippen LogP contribution >= 0.6 is 11.6 Å². The quantitative estimate of drug-likeness (QED) is 0.492. The van der Waals surface area contributed by atoms with Crippen molar-refractivity contribution in [1.82, 2.24) is 0 Å². The van der Waals surface area contributed by atoms with Gasteiger partial charge >= 0.3 is 11.6 Å². The van der Waals surface area contributed by atoms with E-state index >= 15 is 0 Å². The van der Waals surface area contributed by atoms with Crippen molar-refractivity contribution in [3.8, 4) is 0 Å². The number of ether oxygens (including phenoxy) is 1. The van der Waals surface area contributed by atoms with Crippen LogP contribution in [0.15, 0.2) is 27.6 Å². The van der Waals surface area contributed by atoms with Gasteiger partial charge in [-0.15, -0.1) is 11.6 Å². The molecule has 5 rings (SSSR count). The van der Waals surface area contributed by atoms with Crippen LogP contribution in [0.3, 0.4) is 0 Å². The maximum Gasteiger partial charge on any atom is 0.335 e. The Balaban J connectivity index is 1.45. The monoisotopic (exact) mass is 462 g/mol. The molecule has 4 aliphatic rings. The molecule has 1 aromatic heterocycles. The molecule has 0 unspecified atom stereocenters. The summed E-state index contributed by atoms with van der Waals surface area (Å²) < 4.78 is 10.8. The minimum Gasteiger partial charge on any atom is -0.463 e. The number of hydrogen-bond acceptors (Lipinski definition) is 5. The predicted octanol–water partition coefficient (Wildman–Crippen LogP) is 5.03. The van der Waals surface area contributed by atoms with Crippen LogP contribution in [0.25, 0.3) is 0 Å². The van der Waals surface area contributed by atoms with Gasteiger partial charge < -0.3 is 14.3 Å². The van der Waals surface area contributed by atoms with Crippen molar-refractivity contribution < 1.29 is 19.1 Å². The van der Waals surface area contributed by atoms with Gasteiger partial charge in [0.25, 0.3) is 0 Å². The zero-order valence-corrected chi connectivity index (χ0v) is 20.1. The first-order chi connectivity index (χ1) is 15.1. The topological polar surface area (TPSA) is 76.7 Å². The van der Waals surface area contributed by atoms with E-state index in [1.165, 1.54) is 13.0 Å². The minimum absolute atomic E-state index is 0.0372. The van der Waals surface area contributed by atoms with Crippen molar-refractivity contribution >= 4 is 17.6 Å². The number of carbonyl (C=O) groups is 1. The molecule has 0 radical (unpaired) electrons. The fourth-order valence-corrected chi connectivity index (χ4v) is 9.18. The van der Waals surface area contributed by atoms with Crippen molar-refractivity contribution in [2.75, 3.05) is 0 Å². The van der Waals surface area contributed by atoms with E-state index in [-0.39, 0.29) is 40.4 Å². The molecule has 0 amide bonds. The average Bonchev–Trinajstić information content (AvgIpc) is 2.95. The van der Waals surface area contributed by atoms with Crippen LogP contribution in [0.5, 0.6) is 0 Å². The summed E-state index contributed by atoms with van der Waals surface area (Å²) in [6.07, 6.45) is 8.64. The molecule has 32 heavy (non-hydrogen) atoms. The van der Waals surface area contributed by atoms with Gasteiger partial charge in [0.15, 0.2) is 0 Å². The van der Waals surface area contributed by atoms with E-state index in [4.69, 9.17) is 20.8 Å². The van der Waals surface area contributed by atoms with Gasteiger partial charge in [-0.25, -0.2) is 4.79 Å². The molecule has 1 aromatic rings. The highest BCUT2D eigenvalue weighted by molar-refractivity contribution is 6.25. The lowest BCUT2D eigenvalue weighted by Gasteiger charge is -2.64. The largest absolute Gasteiger partial charge is 0.463 e. The second-order valence-corrected chi connectivity index (χ2v) is 12.0. The van der Waals surface area contributed by atoms with E-state index in [0.29, 0.717) is 18.3 Å². The first-order valence-corrected chi connectivity index (χ1v) is 12.6. The van der Waals surface area contributed by atoms with Crippen molar-refractivity contribution in [2.24, 2.45) is 28.6 Å². The lowest BCUT2D eigenvalue weighted by molar-refractivity contribution is -0.160. The first kappa shape index (κ1) is 22.5. The van der Waals surface area contributed by atoms with Crippen molar-refractivity contribution in [1.29, 1.82) is 0 Å². The normalized spacial score (nSPS) is 47.8. The number of alkyl halides is 1. The van der Waals surface area contributed by atoms with Gasteiger partial charge in [-0.2, -0.15) is 0 Å². The third-order valence-corrected chi connectivity index (χ3v) is 11.2. The summed E-state index contributed by atoms with van der Waals surface area (Å²) in [7, 11) is 0. The van der Waals surface area contributed by atoms with Gasteiger partial charge in [0.2, 0.25) is 0 Å².